The predicted molar refractivity (Wildman–Crippen MR) is 89.8 cm³/mol. The van der Waals surface area contributed by atoms with Gasteiger partial charge in [-0.15, -0.1) is 0 Å². The van der Waals surface area contributed by atoms with Gasteiger partial charge in [0, 0.05) is 5.41 Å². The first kappa shape index (κ1) is 14.2. The number of fused-ring (bicyclic) bond motifs is 5. The van der Waals surface area contributed by atoms with Gasteiger partial charge in [0.2, 0.25) is 0 Å². The molecule has 1 fully saturated rings. The molecule has 0 amide bonds. The third kappa shape index (κ3) is 1.74. The van der Waals surface area contributed by atoms with E-state index in [0.29, 0.717) is 35.4 Å². The second-order valence-corrected chi connectivity index (χ2v) is 8.33. The summed E-state index contributed by atoms with van der Waals surface area (Å²) in [5, 5.41) is 0. The van der Waals surface area contributed by atoms with Crippen molar-refractivity contribution in [2.24, 2.45) is 29.1 Å². The van der Waals surface area contributed by atoms with Gasteiger partial charge in [-0.1, -0.05) is 50.6 Å². The Kier molecular flexibility index (Phi) is 2.95. The molecule has 22 heavy (non-hydrogen) atoms. The largest absolute Gasteiger partial charge is 0.294 e. The number of aryl methyl sites for hydroxylation is 1. The second-order valence-electron chi connectivity index (χ2n) is 8.33. The van der Waals surface area contributed by atoms with Crippen LogP contribution >= 0.6 is 0 Å². The Morgan fingerprint density at radius 2 is 1.95 bits per heavy atom. The number of allylic oxidation sites excluding steroid dienone is 2. The molecule has 0 heterocycles. The summed E-state index contributed by atoms with van der Waals surface area (Å²) in [5.74, 6) is 3.27. The topological polar surface area (TPSA) is 17.1 Å². The number of rotatable bonds is 0. The molecule has 4 rings (SSSR count). The summed E-state index contributed by atoms with van der Waals surface area (Å²) in [6, 6.07) is 7.02. The highest BCUT2D eigenvalue weighted by atomic mass is 16.1. The molecule has 3 unspecified atom stereocenters. The summed E-state index contributed by atoms with van der Waals surface area (Å²) in [6.07, 6.45) is 6.31. The average molecular weight is 294 g/mol. The lowest BCUT2D eigenvalue weighted by Gasteiger charge is -2.53. The minimum absolute atomic E-state index is 0.142. The zero-order valence-electron chi connectivity index (χ0n) is 14.1. The Labute approximate surface area is 133 Å². The van der Waals surface area contributed by atoms with Gasteiger partial charge < -0.3 is 0 Å². The molecule has 0 spiro atoms. The van der Waals surface area contributed by atoms with Crippen LogP contribution in [0.3, 0.4) is 0 Å². The van der Waals surface area contributed by atoms with E-state index >= 15 is 0 Å². The Balaban J connectivity index is 1.84. The minimum Gasteiger partial charge on any atom is -0.294 e. The Morgan fingerprint density at radius 3 is 2.73 bits per heavy atom. The minimum atomic E-state index is -0.142. The van der Waals surface area contributed by atoms with Gasteiger partial charge in [0.1, 0.15) is 0 Å². The van der Waals surface area contributed by atoms with Crippen LogP contribution in [0, 0.1) is 36.0 Å². The maximum atomic E-state index is 12.5. The van der Waals surface area contributed by atoms with Crippen molar-refractivity contribution >= 4 is 5.78 Å². The smallest absolute Gasteiger partial charge is 0.161 e. The number of ketones is 1. The highest BCUT2D eigenvalue weighted by molar-refractivity contribution is 5.97. The van der Waals surface area contributed by atoms with Gasteiger partial charge in [-0.25, -0.2) is 0 Å². The van der Waals surface area contributed by atoms with Crippen LogP contribution < -0.4 is 0 Å². The maximum Gasteiger partial charge on any atom is 0.161 e. The Hall–Kier alpha value is -1.37. The molecule has 3 aliphatic carbocycles. The van der Waals surface area contributed by atoms with Crippen LogP contribution in [-0.2, 0) is 11.2 Å². The molecule has 1 aromatic carbocycles. The third-order valence-corrected chi connectivity index (χ3v) is 6.80. The van der Waals surface area contributed by atoms with Crippen molar-refractivity contribution in [3.8, 4) is 0 Å². The van der Waals surface area contributed by atoms with Gasteiger partial charge in [-0.2, -0.15) is 0 Å². The van der Waals surface area contributed by atoms with Crippen molar-refractivity contribution in [1.82, 2.24) is 0 Å². The van der Waals surface area contributed by atoms with Crippen LogP contribution in [-0.4, -0.2) is 5.78 Å². The molecule has 0 saturated heterocycles. The molecule has 1 saturated carbocycles. The normalized spacial score (nSPS) is 42.7. The standard InChI is InChI=1S/C21H26O/c1-12-5-6-16-15(9-12)10-13(2)20-17-7-8-18(22)21(17,4)11-14(3)19(16)20/h5-9,13-14,17,19-20H,10-11H2,1-4H3/t13-,14+,17?,19?,20?,21+/m1/s1. The molecular formula is C21H26O. The van der Waals surface area contributed by atoms with E-state index in [0.717, 1.165) is 6.42 Å². The molecule has 116 valence electrons. The summed E-state index contributed by atoms with van der Waals surface area (Å²) >= 11 is 0. The lowest BCUT2D eigenvalue weighted by Crippen LogP contribution is -2.49. The number of carbonyl (C=O) groups is 1. The van der Waals surface area contributed by atoms with Gasteiger partial charge in [-0.05, 0) is 66.6 Å². The lowest BCUT2D eigenvalue weighted by atomic mass is 9.50. The molecule has 3 aliphatic rings. The number of carbonyl (C=O) groups excluding carboxylic acids is 1. The van der Waals surface area contributed by atoms with E-state index < -0.39 is 0 Å². The Bertz CT molecular complexity index is 670. The van der Waals surface area contributed by atoms with E-state index in [-0.39, 0.29) is 5.41 Å². The van der Waals surface area contributed by atoms with Crippen molar-refractivity contribution in [3.63, 3.8) is 0 Å². The predicted octanol–water partition coefficient (Wildman–Crippen LogP) is 4.69. The highest BCUT2D eigenvalue weighted by Crippen LogP contribution is 2.60. The molecule has 0 bridgehead atoms. The van der Waals surface area contributed by atoms with E-state index in [1.165, 1.54) is 12.0 Å². The van der Waals surface area contributed by atoms with Gasteiger partial charge in [0.05, 0.1) is 0 Å². The van der Waals surface area contributed by atoms with Gasteiger partial charge in [0.15, 0.2) is 5.78 Å². The Morgan fingerprint density at radius 1 is 1.18 bits per heavy atom. The van der Waals surface area contributed by atoms with E-state index in [4.69, 9.17) is 0 Å². The second kappa shape index (κ2) is 4.57. The van der Waals surface area contributed by atoms with Crippen molar-refractivity contribution in [3.05, 3.63) is 47.0 Å². The number of hydrogen-bond acceptors (Lipinski definition) is 1. The van der Waals surface area contributed by atoms with Crippen molar-refractivity contribution in [2.45, 2.75) is 46.5 Å². The number of hydrogen-bond donors (Lipinski definition) is 0. The van der Waals surface area contributed by atoms with Crippen LogP contribution in [0.2, 0.25) is 0 Å². The van der Waals surface area contributed by atoms with Gasteiger partial charge in [-0.3, -0.25) is 4.79 Å². The lowest BCUT2D eigenvalue weighted by molar-refractivity contribution is -0.129. The average Bonchev–Trinajstić information content (AvgIpc) is 2.74. The molecule has 1 nitrogen and oxygen atoms in total. The number of benzene rings is 1. The summed E-state index contributed by atoms with van der Waals surface area (Å²) in [4.78, 5) is 12.5. The first-order valence-electron chi connectivity index (χ1n) is 8.74. The van der Waals surface area contributed by atoms with Crippen molar-refractivity contribution in [2.75, 3.05) is 0 Å². The quantitative estimate of drug-likeness (QED) is 0.678. The summed E-state index contributed by atoms with van der Waals surface area (Å²) in [6.45, 7) is 9.17. The first-order valence-corrected chi connectivity index (χ1v) is 8.74. The maximum absolute atomic E-state index is 12.5. The van der Waals surface area contributed by atoms with Gasteiger partial charge in [0.25, 0.3) is 0 Å². The van der Waals surface area contributed by atoms with Crippen LogP contribution in [0.4, 0.5) is 0 Å². The van der Waals surface area contributed by atoms with Crippen LogP contribution in [0.1, 0.15) is 49.8 Å². The zero-order valence-corrected chi connectivity index (χ0v) is 14.1. The van der Waals surface area contributed by atoms with Crippen LogP contribution in [0.25, 0.3) is 0 Å². The van der Waals surface area contributed by atoms with E-state index in [2.05, 4.69) is 52.0 Å². The summed E-state index contributed by atoms with van der Waals surface area (Å²) < 4.78 is 0. The molecular weight excluding hydrogens is 268 g/mol. The molecule has 0 radical (unpaired) electrons. The zero-order chi connectivity index (χ0) is 15.6. The fourth-order valence-corrected chi connectivity index (χ4v) is 5.89. The fourth-order valence-electron chi connectivity index (χ4n) is 5.89. The third-order valence-electron chi connectivity index (χ3n) is 6.80. The van der Waals surface area contributed by atoms with Crippen LogP contribution in [0.5, 0.6) is 0 Å². The van der Waals surface area contributed by atoms with E-state index in [1.807, 2.05) is 6.08 Å². The molecule has 6 atom stereocenters. The molecule has 0 aliphatic heterocycles. The molecule has 0 aromatic heterocycles. The van der Waals surface area contributed by atoms with E-state index in [1.54, 1.807) is 11.1 Å². The molecule has 0 N–H and O–H groups in total. The van der Waals surface area contributed by atoms with Gasteiger partial charge >= 0.3 is 0 Å². The van der Waals surface area contributed by atoms with E-state index in [9.17, 15) is 4.79 Å². The SMILES string of the molecule is Cc1ccc2c(c1)C[C@@H](C)C1C2[C@@H](C)C[C@]2(C)C(=O)C=CC12. The highest BCUT2D eigenvalue weighted by Gasteiger charge is 2.56. The molecule has 1 heteroatoms. The fraction of sp³-hybridized carbons (Fsp3) is 0.571. The van der Waals surface area contributed by atoms with Crippen molar-refractivity contribution < 1.29 is 4.79 Å². The summed E-state index contributed by atoms with van der Waals surface area (Å²) in [7, 11) is 0. The summed E-state index contributed by atoms with van der Waals surface area (Å²) in [5.41, 5.74) is 4.35. The molecule has 1 aromatic rings. The van der Waals surface area contributed by atoms with Crippen LogP contribution in [0.15, 0.2) is 30.4 Å². The van der Waals surface area contributed by atoms with Crippen molar-refractivity contribution in [1.29, 1.82) is 0 Å². The monoisotopic (exact) mass is 294 g/mol. The first-order chi connectivity index (χ1) is 10.4.